The predicted molar refractivity (Wildman–Crippen MR) is 69.9 cm³/mol. The van der Waals surface area contributed by atoms with Gasteiger partial charge in [-0.05, 0) is 50.7 Å². The van der Waals surface area contributed by atoms with Crippen molar-refractivity contribution in [2.24, 2.45) is 5.73 Å². The summed E-state index contributed by atoms with van der Waals surface area (Å²) >= 11 is 0. The molecule has 2 rings (SSSR count). The summed E-state index contributed by atoms with van der Waals surface area (Å²) in [7, 11) is 0. The van der Waals surface area contributed by atoms with Crippen molar-refractivity contribution >= 4 is 0 Å². The third kappa shape index (κ3) is 2.37. The van der Waals surface area contributed by atoms with Crippen LogP contribution in [0.3, 0.4) is 0 Å². The van der Waals surface area contributed by atoms with Crippen LogP contribution in [0.2, 0.25) is 0 Å². The van der Waals surface area contributed by atoms with E-state index >= 15 is 0 Å². The van der Waals surface area contributed by atoms with Crippen molar-refractivity contribution in [2.45, 2.75) is 50.6 Å². The van der Waals surface area contributed by atoms with Gasteiger partial charge in [-0.3, -0.25) is 0 Å². The lowest BCUT2D eigenvalue weighted by Gasteiger charge is -2.42. The molecule has 0 aromatic heterocycles. The van der Waals surface area contributed by atoms with Crippen molar-refractivity contribution in [3.8, 4) is 0 Å². The van der Waals surface area contributed by atoms with Gasteiger partial charge in [0, 0.05) is 12.0 Å². The molecule has 0 atom stereocenters. The lowest BCUT2D eigenvalue weighted by atomic mass is 9.65. The summed E-state index contributed by atoms with van der Waals surface area (Å²) in [6.45, 7) is 4.45. The highest BCUT2D eigenvalue weighted by molar-refractivity contribution is 5.34. The quantitative estimate of drug-likeness (QED) is 0.834. The molecule has 0 amide bonds. The normalized spacial score (nSPS) is 33.6. The average molecular weight is 235 g/mol. The number of nitrogens with two attached hydrogens (primary N) is 1. The minimum absolute atomic E-state index is 0.00303. The Hall–Kier alpha value is -0.890. The van der Waals surface area contributed by atoms with Crippen molar-refractivity contribution in [2.75, 3.05) is 6.54 Å². The van der Waals surface area contributed by atoms with Gasteiger partial charge >= 0.3 is 0 Å². The van der Waals surface area contributed by atoms with Crippen molar-refractivity contribution in [3.05, 3.63) is 35.4 Å². The number of hydrogen-bond donors (Lipinski definition) is 1. The van der Waals surface area contributed by atoms with Gasteiger partial charge in [-0.15, -0.1) is 0 Å². The van der Waals surface area contributed by atoms with Gasteiger partial charge in [-0.2, -0.15) is 0 Å². The van der Waals surface area contributed by atoms with Gasteiger partial charge in [0.05, 0.1) is 0 Å². The zero-order chi connectivity index (χ0) is 12.5. The fraction of sp³-hybridized carbons (Fsp3) is 0.600. The molecular weight excluding hydrogens is 213 g/mol. The Kier molecular flexibility index (Phi) is 3.26. The minimum Gasteiger partial charge on any atom is -0.330 e. The highest BCUT2D eigenvalue weighted by atomic mass is 19.1. The summed E-state index contributed by atoms with van der Waals surface area (Å²) in [5.74, 6) is 0. The van der Waals surface area contributed by atoms with E-state index in [1.165, 1.54) is 11.1 Å². The van der Waals surface area contributed by atoms with Gasteiger partial charge in [-0.1, -0.05) is 24.3 Å². The van der Waals surface area contributed by atoms with E-state index < -0.39 is 5.67 Å². The van der Waals surface area contributed by atoms with Crippen LogP contribution in [0.4, 0.5) is 4.39 Å². The lowest BCUT2D eigenvalue weighted by molar-refractivity contribution is 0.0902. The second-order valence-corrected chi connectivity index (χ2v) is 5.71. The van der Waals surface area contributed by atoms with E-state index in [9.17, 15) is 4.39 Å². The zero-order valence-corrected chi connectivity index (χ0v) is 10.8. The molecule has 0 heterocycles. The Morgan fingerprint density at radius 1 is 1.18 bits per heavy atom. The molecule has 0 aliphatic heterocycles. The first-order valence-electron chi connectivity index (χ1n) is 6.44. The van der Waals surface area contributed by atoms with Crippen molar-refractivity contribution in [1.29, 1.82) is 0 Å². The fourth-order valence-corrected chi connectivity index (χ4v) is 3.00. The van der Waals surface area contributed by atoms with Gasteiger partial charge in [0.25, 0.3) is 0 Å². The molecule has 0 unspecified atom stereocenters. The molecule has 1 aromatic carbocycles. The van der Waals surface area contributed by atoms with Gasteiger partial charge in [0.1, 0.15) is 5.67 Å². The van der Waals surface area contributed by atoms with Crippen LogP contribution in [0.25, 0.3) is 0 Å². The Morgan fingerprint density at radius 2 is 1.76 bits per heavy atom. The first-order chi connectivity index (χ1) is 7.99. The van der Waals surface area contributed by atoms with Crippen molar-refractivity contribution in [3.63, 3.8) is 0 Å². The molecule has 1 saturated carbocycles. The van der Waals surface area contributed by atoms with Gasteiger partial charge < -0.3 is 5.73 Å². The van der Waals surface area contributed by atoms with Gasteiger partial charge in [0.15, 0.2) is 0 Å². The van der Waals surface area contributed by atoms with Gasteiger partial charge in [0.2, 0.25) is 0 Å². The van der Waals surface area contributed by atoms with Crippen LogP contribution in [0.1, 0.15) is 43.7 Å². The van der Waals surface area contributed by atoms with E-state index in [2.05, 4.69) is 25.1 Å². The number of aryl methyl sites for hydroxylation is 1. The summed E-state index contributed by atoms with van der Waals surface area (Å²) in [5, 5.41) is 0. The number of hydrogen-bond acceptors (Lipinski definition) is 1. The molecule has 2 N–H and O–H groups in total. The standard InChI is InChI=1S/C15H22FN/c1-12-5-3-4-6-13(12)15(11-17)9-7-14(2,16)8-10-15/h3-6H,7-11,17H2,1-2H3. The van der Waals surface area contributed by atoms with Crippen LogP contribution in [-0.2, 0) is 5.41 Å². The van der Waals surface area contributed by atoms with Crippen LogP contribution in [-0.4, -0.2) is 12.2 Å². The molecule has 1 aromatic rings. The maximum atomic E-state index is 13.9. The van der Waals surface area contributed by atoms with Crippen LogP contribution in [0.5, 0.6) is 0 Å². The maximum Gasteiger partial charge on any atom is 0.108 e. The zero-order valence-electron chi connectivity index (χ0n) is 10.8. The fourth-order valence-electron chi connectivity index (χ4n) is 3.00. The largest absolute Gasteiger partial charge is 0.330 e. The molecule has 0 bridgehead atoms. The van der Waals surface area contributed by atoms with Crippen LogP contribution in [0, 0.1) is 6.92 Å². The SMILES string of the molecule is Cc1ccccc1C1(CN)CCC(C)(F)CC1. The van der Waals surface area contributed by atoms with Crippen LogP contribution in [0.15, 0.2) is 24.3 Å². The third-order valence-electron chi connectivity index (χ3n) is 4.36. The molecule has 0 spiro atoms. The van der Waals surface area contributed by atoms with E-state index in [1.54, 1.807) is 6.92 Å². The Balaban J connectivity index is 2.31. The Labute approximate surface area is 103 Å². The van der Waals surface area contributed by atoms with E-state index in [4.69, 9.17) is 5.73 Å². The first-order valence-corrected chi connectivity index (χ1v) is 6.44. The molecule has 94 valence electrons. The maximum absolute atomic E-state index is 13.9. The summed E-state index contributed by atoms with van der Waals surface area (Å²) in [6.07, 6.45) is 2.97. The number of rotatable bonds is 2. The Bertz CT molecular complexity index is 388. The van der Waals surface area contributed by atoms with E-state index in [1.807, 2.05) is 6.07 Å². The molecular formula is C15H22FN. The molecule has 2 heteroatoms. The van der Waals surface area contributed by atoms with E-state index in [0.717, 1.165) is 12.8 Å². The summed E-state index contributed by atoms with van der Waals surface area (Å²) in [5.41, 5.74) is 7.60. The van der Waals surface area contributed by atoms with Crippen LogP contribution < -0.4 is 5.73 Å². The Morgan fingerprint density at radius 3 is 2.29 bits per heavy atom. The molecule has 1 fully saturated rings. The van der Waals surface area contributed by atoms with Crippen molar-refractivity contribution in [1.82, 2.24) is 0 Å². The summed E-state index contributed by atoms with van der Waals surface area (Å²) in [4.78, 5) is 0. The minimum atomic E-state index is -0.999. The highest BCUT2D eigenvalue weighted by Gasteiger charge is 2.41. The summed E-state index contributed by atoms with van der Waals surface area (Å²) < 4.78 is 13.9. The topological polar surface area (TPSA) is 26.0 Å². The van der Waals surface area contributed by atoms with Gasteiger partial charge in [-0.25, -0.2) is 4.39 Å². The number of benzene rings is 1. The first kappa shape index (κ1) is 12.6. The second kappa shape index (κ2) is 4.41. The van der Waals surface area contributed by atoms with Crippen molar-refractivity contribution < 1.29 is 4.39 Å². The molecule has 0 radical (unpaired) electrons. The van der Waals surface area contributed by atoms with Crippen LogP contribution >= 0.6 is 0 Å². The predicted octanol–water partition coefficient (Wildman–Crippen LogP) is 3.49. The molecule has 1 aliphatic carbocycles. The monoisotopic (exact) mass is 235 g/mol. The molecule has 1 nitrogen and oxygen atoms in total. The lowest BCUT2D eigenvalue weighted by Crippen LogP contribution is -2.42. The average Bonchev–Trinajstić information content (AvgIpc) is 2.31. The third-order valence-corrected chi connectivity index (χ3v) is 4.36. The number of halogens is 1. The highest BCUT2D eigenvalue weighted by Crippen LogP contribution is 2.44. The molecule has 1 aliphatic rings. The second-order valence-electron chi connectivity index (χ2n) is 5.71. The molecule has 0 saturated heterocycles. The van der Waals surface area contributed by atoms with E-state index in [0.29, 0.717) is 19.4 Å². The number of alkyl halides is 1. The van der Waals surface area contributed by atoms with E-state index in [-0.39, 0.29) is 5.41 Å². The molecule has 17 heavy (non-hydrogen) atoms. The summed E-state index contributed by atoms with van der Waals surface area (Å²) in [6, 6.07) is 8.38. The smallest absolute Gasteiger partial charge is 0.108 e.